The van der Waals surface area contributed by atoms with E-state index in [0.29, 0.717) is 17.5 Å². The van der Waals surface area contributed by atoms with E-state index in [1.807, 2.05) is 47.4 Å². The number of hydrogen-bond donors (Lipinski definition) is 2. The van der Waals surface area contributed by atoms with Crippen molar-refractivity contribution < 1.29 is 4.79 Å². The number of nitrogens with one attached hydrogen (secondary N) is 2. The molecule has 144 valence electrons. The van der Waals surface area contributed by atoms with Gasteiger partial charge in [0.1, 0.15) is 0 Å². The standard InChI is InChI=1S/C20H23ClN4O.HI/c1-22-20(23-13-16-8-2-4-10-17(16)21)24-14-19(26)25-12-6-9-15-7-3-5-11-18(15)25;/h2-5,7-8,10-11H,6,9,12-14H2,1H3,(H2,22,23,24);1H. The third-order valence-electron chi connectivity index (χ3n) is 4.45. The highest BCUT2D eigenvalue weighted by Gasteiger charge is 2.21. The van der Waals surface area contributed by atoms with Gasteiger partial charge in [-0.1, -0.05) is 48.0 Å². The van der Waals surface area contributed by atoms with Crippen LogP contribution in [0.3, 0.4) is 0 Å². The Balaban J connectivity index is 0.00000261. The van der Waals surface area contributed by atoms with Gasteiger partial charge in [0.25, 0.3) is 0 Å². The van der Waals surface area contributed by atoms with Gasteiger partial charge in [0, 0.05) is 30.8 Å². The molecule has 2 aromatic rings. The first-order chi connectivity index (χ1) is 12.7. The van der Waals surface area contributed by atoms with Crippen molar-refractivity contribution in [2.75, 3.05) is 25.0 Å². The fourth-order valence-corrected chi connectivity index (χ4v) is 3.29. The molecule has 0 saturated heterocycles. The van der Waals surface area contributed by atoms with Gasteiger partial charge in [-0.3, -0.25) is 9.79 Å². The minimum absolute atomic E-state index is 0. The summed E-state index contributed by atoms with van der Waals surface area (Å²) in [4.78, 5) is 18.7. The molecular formula is C20H24ClIN4O. The van der Waals surface area contributed by atoms with Crippen LogP contribution in [-0.2, 0) is 17.8 Å². The van der Waals surface area contributed by atoms with E-state index in [1.54, 1.807) is 7.05 Å². The number of halogens is 2. The molecule has 2 aromatic carbocycles. The van der Waals surface area contributed by atoms with Crippen molar-refractivity contribution in [3.8, 4) is 0 Å². The molecule has 0 aliphatic carbocycles. The summed E-state index contributed by atoms with van der Waals surface area (Å²) < 4.78 is 0. The van der Waals surface area contributed by atoms with Crippen LogP contribution in [0, 0.1) is 0 Å². The highest BCUT2D eigenvalue weighted by atomic mass is 127. The summed E-state index contributed by atoms with van der Waals surface area (Å²) in [5.41, 5.74) is 3.23. The number of amides is 1. The van der Waals surface area contributed by atoms with Crippen LogP contribution in [-0.4, -0.2) is 32.0 Å². The molecule has 2 N–H and O–H groups in total. The minimum atomic E-state index is 0. The number of carbonyl (C=O) groups excluding carboxylic acids is 1. The molecule has 0 radical (unpaired) electrons. The number of hydrogen-bond acceptors (Lipinski definition) is 2. The number of rotatable bonds is 4. The van der Waals surface area contributed by atoms with E-state index >= 15 is 0 Å². The Morgan fingerprint density at radius 3 is 2.67 bits per heavy atom. The molecule has 0 fully saturated rings. The van der Waals surface area contributed by atoms with Gasteiger partial charge in [-0.2, -0.15) is 0 Å². The van der Waals surface area contributed by atoms with Crippen LogP contribution < -0.4 is 15.5 Å². The quantitative estimate of drug-likeness (QED) is 0.385. The lowest BCUT2D eigenvalue weighted by atomic mass is 10.0. The summed E-state index contributed by atoms with van der Waals surface area (Å²) in [6.45, 7) is 1.49. The Kier molecular flexibility index (Phi) is 8.37. The van der Waals surface area contributed by atoms with Gasteiger partial charge in [0.05, 0.1) is 6.54 Å². The fraction of sp³-hybridized carbons (Fsp3) is 0.300. The molecule has 0 bridgehead atoms. The van der Waals surface area contributed by atoms with E-state index in [2.05, 4.69) is 21.7 Å². The fourth-order valence-electron chi connectivity index (χ4n) is 3.09. The zero-order valence-electron chi connectivity index (χ0n) is 15.2. The van der Waals surface area contributed by atoms with Gasteiger partial charge in [-0.05, 0) is 36.1 Å². The second kappa shape index (κ2) is 10.5. The molecule has 1 amide bonds. The number of benzene rings is 2. The minimum Gasteiger partial charge on any atom is -0.352 e. The van der Waals surface area contributed by atoms with E-state index in [9.17, 15) is 4.79 Å². The van der Waals surface area contributed by atoms with Gasteiger partial charge in [0.15, 0.2) is 5.96 Å². The zero-order chi connectivity index (χ0) is 18.4. The Labute approximate surface area is 182 Å². The van der Waals surface area contributed by atoms with Crippen molar-refractivity contribution in [3.05, 3.63) is 64.7 Å². The maximum Gasteiger partial charge on any atom is 0.246 e. The second-order valence-electron chi connectivity index (χ2n) is 6.15. The summed E-state index contributed by atoms with van der Waals surface area (Å²) in [6.07, 6.45) is 2.01. The summed E-state index contributed by atoms with van der Waals surface area (Å²) in [5.74, 6) is 0.612. The highest BCUT2D eigenvalue weighted by Crippen LogP contribution is 2.26. The van der Waals surface area contributed by atoms with Crippen LogP contribution in [0.4, 0.5) is 5.69 Å². The van der Waals surface area contributed by atoms with Crippen molar-refractivity contribution in [2.45, 2.75) is 19.4 Å². The second-order valence-corrected chi connectivity index (χ2v) is 6.56. The van der Waals surface area contributed by atoms with E-state index in [1.165, 1.54) is 5.56 Å². The first kappa shape index (κ1) is 21.5. The van der Waals surface area contributed by atoms with Gasteiger partial charge in [-0.25, -0.2) is 0 Å². The van der Waals surface area contributed by atoms with E-state index in [0.717, 1.165) is 30.6 Å². The lowest BCUT2D eigenvalue weighted by Gasteiger charge is -2.29. The van der Waals surface area contributed by atoms with Crippen molar-refractivity contribution in [1.29, 1.82) is 0 Å². The molecule has 1 aliphatic heterocycles. The van der Waals surface area contributed by atoms with Crippen LogP contribution in [0.15, 0.2) is 53.5 Å². The maximum atomic E-state index is 12.7. The van der Waals surface area contributed by atoms with Gasteiger partial charge < -0.3 is 15.5 Å². The predicted octanol–water partition coefficient (Wildman–Crippen LogP) is 3.60. The van der Waals surface area contributed by atoms with Gasteiger partial charge >= 0.3 is 0 Å². The lowest BCUT2D eigenvalue weighted by molar-refractivity contribution is -0.117. The number of nitrogens with zero attached hydrogens (tertiary/aromatic N) is 2. The summed E-state index contributed by atoms with van der Waals surface area (Å²) in [6, 6.07) is 15.7. The topological polar surface area (TPSA) is 56.7 Å². The summed E-state index contributed by atoms with van der Waals surface area (Å²) in [7, 11) is 1.68. The first-order valence-electron chi connectivity index (χ1n) is 8.75. The van der Waals surface area contributed by atoms with Crippen LogP contribution >= 0.6 is 35.6 Å². The molecule has 7 heteroatoms. The normalized spacial score (nSPS) is 13.4. The molecule has 1 heterocycles. The third-order valence-corrected chi connectivity index (χ3v) is 4.81. The zero-order valence-corrected chi connectivity index (χ0v) is 18.3. The van der Waals surface area contributed by atoms with Crippen molar-refractivity contribution in [1.82, 2.24) is 10.6 Å². The molecule has 0 aromatic heterocycles. The summed E-state index contributed by atoms with van der Waals surface area (Å²) >= 11 is 6.17. The highest BCUT2D eigenvalue weighted by molar-refractivity contribution is 14.0. The van der Waals surface area contributed by atoms with Crippen LogP contribution in [0.5, 0.6) is 0 Å². The first-order valence-corrected chi connectivity index (χ1v) is 9.13. The Morgan fingerprint density at radius 2 is 1.89 bits per heavy atom. The Hall–Kier alpha value is -1.80. The van der Waals surface area contributed by atoms with E-state index in [4.69, 9.17) is 11.6 Å². The molecule has 27 heavy (non-hydrogen) atoms. The number of para-hydroxylation sites is 1. The monoisotopic (exact) mass is 498 g/mol. The molecular weight excluding hydrogens is 475 g/mol. The van der Waals surface area contributed by atoms with E-state index < -0.39 is 0 Å². The van der Waals surface area contributed by atoms with Crippen LogP contribution in [0.2, 0.25) is 5.02 Å². The molecule has 0 saturated carbocycles. The molecule has 3 rings (SSSR count). The number of guanidine groups is 1. The molecule has 5 nitrogen and oxygen atoms in total. The molecule has 0 atom stereocenters. The molecule has 0 spiro atoms. The largest absolute Gasteiger partial charge is 0.352 e. The van der Waals surface area contributed by atoms with Crippen molar-refractivity contribution in [3.63, 3.8) is 0 Å². The van der Waals surface area contributed by atoms with E-state index in [-0.39, 0.29) is 36.4 Å². The lowest BCUT2D eigenvalue weighted by Crippen LogP contribution is -2.45. The smallest absolute Gasteiger partial charge is 0.246 e. The van der Waals surface area contributed by atoms with Crippen molar-refractivity contribution in [2.24, 2.45) is 4.99 Å². The predicted molar refractivity (Wildman–Crippen MR) is 122 cm³/mol. The Morgan fingerprint density at radius 1 is 1.15 bits per heavy atom. The molecule has 0 unspecified atom stereocenters. The number of aryl methyl sites for hydroxylation is 1. The SMILES string of the molecule is CN=C(NCC(=O)N1CCCc2ccccc21)NCc1ccccc1Cl.I. The van der Waals surface area contributed by atoms with Gasteiger partial charge in [0.2, 0.25) is 5.91 Å². The Bertz CT molecular complexity index is 812. The summed E-state index contributed by atoms with van der Waals surface area (Å²) in [5, 5.41) is 6.98. The number of fused-ring (bicyclic) bond motifs is 1. The van der Waals surface area contributed by atoms with Crippen LogP contribution in [0.1, 0.15) is 17.5 Å². The maximum absolute atomic E-state index is 12.7. The third kappa shape index (κ3) is 5.59. The molecule has 1 aliphatic rings. The number of anilines is 1. The number of aliphatic imine (C=N–C) groups is 1. The number of carbonyl (C=O) groups is 1. The average Bonchev–Trinajstić information content (AvgIpc) is 2.68. The van der Waals surface area contributed by atoms with Gasteiger partial charge in [-0.15, -0.1) is 24.0 Å². The van der Waals surface area contributed by atoms with Crippen LogP contribution in [0.25, 0.3) is 0 Å². The van der Waals surface area contributed by atoms with Crippen molar-refractivity contribution >= 4 is 53.1 Å². The average molecular weight is 499 g/mol.